The van der Waals surface area contributed by atoms with Gasteiger partial charge >= 0.3 is 0 Å². The highest BCUT2D eigenvalue weighted by atomic mass is 35.5. The zero-order valence-electron chi connectivity index (χ0n) is 11.5. The van der Waals surface area contributed by atoms with E-state index in [0.29, 0.717) is 11.4 Å². The number of aryl methyl sites for hydroxylation is 1. The average molecular weight is 291 g/mol. The van der Waals surface area contributed by atoms with E-state index in [0.717, 1.165) is 16.7 Å². The second kappa shape index (κ2) is 6.40. The van der Waals surface area contributed by atoms with Crippen LogP contribution in [0.3, 0.4) is 0 Å². The monoisotopic (exact) mass is 290 g/mol. The Bertz CT molecular complexity index is 577. The molecule has 0 aliphatic heterocycles. The van der Waals surface area contributed by atoms with Gasteiger partial charge in [-0.1, -0.05) is 59.6 Å². The molecule has 0 aliphatic carbocycles. The molecule has 2 aromatic rings. The first-order valence-electron chi connectivity index (χ1n) is 6.63. The quantitative estimate of drug-likeness (QED) is 0.888. The standard InChI is InChI=1S/C17H19ClO2/c1-13-5-4-6-14(9-13)10-17(11-19,12-20)15-7-2-3-8-16(15)18/h2-9,19-20H,10-12H2,1H3. The summed E-state index contributed by atoms with van der Waals surface area (Å²) in [5.41, 5.74) is 2.26. The number of aliphatic hydroxyl groups excluding tert-OH is 2. The second-order valence-corrected chi connectivity index (χ2v) is 5.65. The smallest absolute Gasteiger partial charge is 0.0553 e. The maximum absolute atomic E-state index is 9.87. The fourth-order valence-corrected chi connectivity index (χ4v) is 2.87. The van der Waals surface area contributed by atoms with Crippen LogP contribution in [0.2, 0.25) is 5.02 Å². The molecule has 2 aromatic carbocycles. The van der Waals surface area contributed by atoms with Crippen molar-refractivity contribution < 1.29 is 10.2 Å². The Morgan fingerprint density at radius 3 is 2.30 bits per heavy atom. The fraction of sp³-hybridized carbons (Fsp3) is 0.294. The predicted octanol–water partition coefficient (Wildman–Crippen LogP) is 3.11. The molecule has 0 radical (unpaired) electrons. The zero-order valence-corrected chi connectivity index (χ0v) is 12.3. The van der Waals surface area contributed by atoms with Crippen molar-refractivity contribution in [2.45, 2.75) is 18.8 Å². The number of halogens is 1. The highest BCUT2D eigenvalue weighted by molar-refractivity contribution is 6.31. The molecule has 106 valence electrons. The first-order valence-corrected chi connectivity index (χ1v) is 7.01. The Labute approximate surface area is 124 Å². The van der Waals surface area contributed by atoms with Crippen LogP contribution in [-0.2, 0) is 11.8 Å². The van der Waals surface area contributed by atoms with E-state index in [2.05, 4.69) is 6.07 Å². The molecule has 3 heteroatoms. The maximum atomic E-state index is 9.87. The topological polar surface area (TPSA) is 40.5 Å². The summed E-state index contributed by atoms with van der Waals surface area (Å²) in [5.74, 6) is 0. The molecule has 2 rings (SSSR count). The minimum Gasteiger partial charge on any atom is -0.395 e. The number of hydrogen-bond donors (Lipinski definition) is 2. The first kappa shape index (κ1) is 15.0. The fourth-order valence-electron chi connectivity index (χ4n) is 2.53. The minimum absolute atomic E-state index is 0.152. The van der Waals surface area contributed by atoms with Gasteiger partial charge < -0.3 is 10.2 Å². The Balaban J connectivity index is 2.42. The van der Waals surface area contributed by atoms with E-state index in [4.69, 9.17) is 11.6 Å². The summed E-state index contributed by atoms with van der Waals surface area (Å²) in [5, 5.41) is 20.3. The van der Waals surface area contributed by atoms with Gasteiger partial charge in [0.1, 0.15) is 0 Å². The lowest BCUT2D eigenvalue weighted by Crippen LogP contribution is -2.37. The summed E-state index contributed by atoms with van der Waals surface area (Å²) in [6, 6.07) is 15.4. The van der Waals surface area contributed by atoms with Gasteiger partial charge in [-0.3, -0.25) is 0 Å². The molecule has 0 saturated carbocycles. The summed E-state index contributed by atoms with van der Waals surface area (Å²) < 4.78 is 0. The molecule has 2 nitrogen and oxygen atoms in total. The van der Waals surface area contributed by atoms with Crippen molar-refractivity contribution in [2.75, 3.05) is 13.2 Å². The largest absolute Gasteiger partial charge is 0.395 e. The van der Waals surface area contributed by atoms with Crippen LogP contribution in [0.5, 0.6) is 0 Å². The van der Waals surface area contributed by atoms with Crippen molar-refractivity contribution in [2.24, 2.45) is 0 Å². The van der Waals surface area contributed by atoms with E-state index in [1.807, 2.05) is 43.3 Å². The van der Waals surface area contributed by atoms with Crippen molar-refractivity contribution in [3.05, 3.63) is 70.2 Å². The molecule has 0 saturated heterocycles. The third-order valence-electron chi connectivity index (χ3n) is 3.68. The van der Waals surface area contributed by atoms with Gasteiger partial charge in [0.05, 0.1) is 13.2 Å². The van der Waals surface area contributed by atoms with Crippen LogP contribution in [0.25, 0.3) is 0 Å². The van der Waals surface area contributed by atoms with Crippen molar-refractivity contribution in [3.8, 4) is 0 Å². The van der Waals surface area contributed by atoms with Crippen LogP contribution >= 0.6 is 11.6 Å². The van der Waals surface area contributed by atoms with Crippen molar-refractivity contribution in [1.82, 2.24) is 0 Å². The Hall–Kier alpha value is -1.35. The number of benzene rings is 2. The molecular formula is C17H19ClO2. The number of hydrogen-bond acceptors (Lipinski definition) is 2. The third-order valence-corrected chi connectivity index (χ3v) is 4.01. The molecule has 0 aromatic heterocycles. The normalized spacial score (nSPS) is 11.6. The van der Waals surface area contributed by atoms with Crippen LogP contribution in [0.4, 0.5) is 0 Å². The van der Waals surface area contributed by atoms with E-state index >= 15 is 0 Å². The molecule has 0 aliphatic rings. The van der Waals surface area contributed by atoms with Crippen LogP contribution in [0.15, 0.2) is 48.5 Å². The van der Waals surface area contributed by atoms with E-state index in [1.54, 1.807) is 6.07 Å². The molecular weight excluding hydrogens is 272 g/mol. The molecule has 0 unspecified atom stereocenters. The highest BCUT2D eigenvalue weighted by Crippen LogP contribution is 2.33. The lowest BCUT2D eigenvalue weighted by Gasteiger charge is -2.31. The molecule has 0 atom stereocenters. The Morgan fingerprint density at radius 1 is 1.00 bits per heavy atom. The van der Waals surface area contributed by atoms with Crippen LogP contribution < -0.4 is 0 Å². The summed E-state index contributed by atoms with van der Waals surface area (Å²) in [4.78, 5) is 0. The molecule has 2 N–H and O–H groups in total. The lowest BCUT2D eigenvalue weighted by molar-refractivity contribution is 0.116. The van der Waals surface area contributed by atoms with E-state index in [9.17, 15) is 10.2 Å². The van der Waals surface area contributed by atoms with Crippen molar-refractivity contribution in [1.29, 1.82) is 0 Å². The van der Waals surface area contributed by atoms with E-state index < -0.39 is 5.41 Å². The van der Waals surface area contributed by atoms with Crippen LogP contribution in [0, 0.1) is 6.92 Å². The summed E-state index contributed by atoms with van der Waals surface area (Å²) in [7, 11) is 0. The Kier molecular flexibility index (Phi) is 4.81. The third kappa shape index (κ3) is 3.04. The zero-order chi connectivity index (χ0) is 14.6. The Morgan fingerprint density at radius 2 is 1.70 bits per heavy atom. The van der Waals surface area contributed by atoms with Gasteiger partial charge in [0, 0.05) is 10.4 Å². The first-order chi connectivity index (χ1) is 9.61. The van der Waals surface area contributed by atoms with E-state index in [-0.39, 0.29) is 13.2 Å². The highest BCUT2D eigenvalue weighted by Gasteiger charge is 2.33. The molecule has 0 spiro atoms. The van der Waals surface area contributed by atoms with E-state index in [1.165, 1.54) is 0 Å². The van der Waals surface area contributed by atoms with Crippen LogP contribution in [0.1, 0.15) is 16.7 Å². The molecule has 0 fully saturated rings. The lowest BCUT2D eigenvalue weighted by atomic mass is 9.76. The van der Waals surface area contributed by atoms with Crippen LogP contribution in [-0.4, -0.2) is 23.4 Å². The van der Waals surface area contributed by atoms with Gasteiger partial charge in [-0.15, -0.1) is 0 Å². The predicted molar refractivity (Wildman–Crippen MR) is 82.2 cm³/mol. The van der Waals surface area contributed by atoms with Gasteiger partial charge in [0.25, 0.3) is 0 Å². The SMILES string of the molecule is Cc1cccc(CC(CO)(CO)c2ccccc2Cl)c1. The second-order valence-electron chi connectivity index (χ2n) is 5.24. The van der Waals surface area contributed by atoms with Gasteiger partial charge in [-0.2, -0.15) is 0 Å². The summed E-state index contributed by atoms with van der Waals surface area (Å²) in [6.45, 7) is 1.72. The van der Waals surface area contributed by atoms with Gasteiger partial charge in [0.15, 0.2) is 0 Å². The summed E-state index contributed by atoms with van der Waals surface area (Å²) >= 11 is 6.24. The van der Waals surface area contributed by atoms with Gasteiger partial charge in [-0.05, 0) is 30.5 Å². The van der Waals surface area contributed by atoms with Crippen molar-refractivity contribution >= 4 is 11.6 Å². The van der Waals surface area contributed by atoms with Crippen molar-refractivity contribution in [3.63, 3.8) is 0 Å². The number of aliphatic hydroxyl groups is 2. The molecule has 0 bridgehead atoms. The van der Waals surface area contributed by atoms with Gasteiger partial charge in [0.2, 0.25) is 0 Å². The number of rotatable bonds is 5. The maximum Gasteiger partial charge on any atom is 0.0553 e. The molecule has 20 heavy (non-hydrogen) atoms. The average Bonchev–Trinajstić information content (AvgIpc) is 2.46. The molecule has 0 amide bonds. The molecule has 0 heterocycles. The van der Waals surface area contributed by atoms with Gasteiger partial charge in [-0.25, -0.2) is 0 Å². The summed E-state index contributed by atoms with van der Waals surface area (Å²) in [6.07, 6.45) is 0.547. The minimum atomic E-state index is -0.758.